The lowest BCUT2D eigenvalue weighted by molar-refractivity contribution is 0.139. The van der Waals surface area contributed by atoms with E-state index in [1.54, 1.807) is 51.3 Å². The summed E-state index contributed by atoms with van der Waals surface area (Å²) in [6.07, 6.45) is 2.84. The monoisotopic (exact) mass is 582 g/mol. The fourth-order valence-electron chi connectivity index (χ4n) is 3.63. The van der Waals surface area contributed by atoms with Gasteiger partial charge in [-0.3, -0.25) is 4.57 Å². The molecule has 14 heteroatoms. The van der Waals surface area contributed by atoms with E-state index in [0.717, 1.165) is 22.7 Å². The normalized spacial score (nSPS) is 12.1. The molecule has 2 aromatic carbocycles. The number of benzene rings is 2. The number of rotatable bonds is 12. The number of carboxylic acid groups (broad SMARTS) is 1. The Morgan fingerprint density at radius 1 is 1.11 bits per heavy atom. The molecule has 1 aromatic heterocycles. The summed E-state index contributed by atoms with van der Waals surface area (Å²) < 4.78 is 59.6. The number of ether oxygens (including phenoxy) is 1. The minimum atomic E-state index is -4.40. The Kier molecular flexibility index (Phi) is 9.59. The molecule has 0 bridgehead atoms. The van der Waals surface area contributed by atoms with Crippen molar-refractivity contribution in [2.45, 2.75) is 42.7 Å². The highest BCUT2D eigenvalue weighted by Gasteiger charge is 2.27. The Morgan fingerprint density at radius 3 is 2.34 bits per heavy atom. The van der Waals surface area contributed by atoms with Gasteiger partial charge in [0.05, 0.1) is 11.4 Å². The Bertz CT molecular complexity index is 1500. The molecule has 0 aliphatic rings. The second-order valence-corrected chi connectivity index (χ2v) is 13.1. The second-order valence-electron chi connectivity index (χ2n) is 8.47. The van der Waals surface area contributed by atoms with Gasteiger partial charge < -0.3 is 9.84 Å². The van der Waals surface area contributed by atoms with Crippen LogP contribution >= 0.6 is 11.8 Å². The van der Waals surface area contributed by atoms with Crippen molar-refractivity contribution in [2.24, 2.45) is 0 Å². The zero-order chi connectivity index (χ0) is 28.1. The van der Waals surface area contributed by atoms with Crippen LogP contribution in [0.4, 0.5) is 4.79 Å². The summed E-state index contributed by atoms with van der Waals surface area (Å²) in [5, 5.41) is 9.73. The maximum Gasteiger partial charge on any atom is 0.512 e. The molecule has 2 N–H and O–H groups in total. The summed E-state index contributed by atoms with van der Waals surface area (Å²) in [5.41, 5.74) is 1.69. The average Bonchev–Trinajstić information content (AvgIpc) is 3.17. The first-order chi connectivity index (χ1) is 17.9. The van der Waals surface area contributed by atoms with Crippen LogP contribution in [0.25, 0.3) is 11.1 Å². The van der Waals surface area contributed by atoms with Crippen LogP contribution in [0.5, 0.6) is 5.88 Å². The van der Waals surface area contributed by atoms with Crippen molar-refractivity contribution in [2.75, 3.05) is 20.4 Å². The molecule has 3 aromatic rings. The van der Waals surface area contributed by atoms with E-state index >= 15 is 0 Å². The minimum absolute atomic E-state index is 0.157. The molecule has 1 heterocycles. The van der Waals surface area contributed by atoms with E-state index in [1.807, 2.05) is 0 Å². The van der Waals surface area contributed by atoms with Crippen molar-refractivity contribution in [3.8, 4) is 17.0 Å². The van der Waals surface area contributed by atoms with Gasteiger partial charge >= 0.3 is 6.16 Å². The summed E-state index contributed by atoms with van der Waals surface area (Å²) in [6, 6.07) is 13.1. The third-order valence-corrected chi connectivity index (χ3v) is 9.85. The quantitative estimate of drug-likeness (QED) is 0.240. The van der Waals surface area contributed by atoms with Gasteiger partial charge in [-0.1, -0.05) is 59.9 Å². The van der Waals surface area contributed by atoms with E-state index in [0.29, 0.717) is 28.4 Å². The van der Waals surface area contributed by atoms with Crippen LogP contribution in [0.3, 0.4) is 0 Å². The number of unbranched alkanes of at least 4 members (excludes halogenated alkanes) is 1. The van der Waals surface area contributed by atoms with E-state index in [2.05, 4.69) is 11.9 Å². The zero-order valence-corrected chi connectivity index (χ0v) is 23.9. The smallest absolute Gasteiger partial charge is 0.449 e. The molecule has 0 radical (unpaired) electrons. The fourth-order valence-corrected chi connectivity index (χ4v) is 6.95. The molecule has 11 nitrogen and oxygen atoms in total. The molecular formula is C24H30N4O7S3. The Morgan fingerprint density at radius 2 is 1.76 bits per heavy atom. The van der Waals surface area contributed by atoms with Gasteiger partial charge in [-0.25, -0.2) is 18.2 Å². The molecule has 0 saturated carbocycles. The third-order valence-electron chi connectivity index (χ3n) is 5.58. The van der Waals surface area contributed by atoms with Crippen LogP contribution < -0.4 is 8.86 Å². The number of nitrogens with one attached hydrogen (secondary N) is 1. The van der Waals surface area contributed by atoms with E-state index in [9.17, 15) is 26.7 Å². The number of thioether (sulfide) groups is 1. The average molecular weight is 583 g/mol. The number of carbonyl (C=O) groups is 1. The highest BCUT2D eigenvalue weighted by molar-refractivity contribution is 8.03. The number of hydrogen-bond acceptors (Lipinski definition) is 8. The van der Waals surface area contributed by atoms with Crippen LogP contribution in [0, 0.1) is 0 Å². The van der Waals surface area contributed by atoms with Crippen molar-refractivity contribution in [1.82, 2.24) is 18.0 Å². The Labute approximate surface area is 227 Å². The van der Waals surface area contributed by atoms with Crippen molar-refractivity contribution < 1.29 is 31.5 Å². The second kappa shape index (κ2) is 12.3. The van der Waals surface area contributed by atoms with Crippen molar-refractivity contribution >= 4 is 38.1 Å². The van der Waals surface area contributed by atoms with E-state index in [-0.39, 0.29) is 17.3 Å². The van der Waals surface area contributed by atoms with Gasteiger partial charge in [-0.2, -0.15) is 12.7 Å². The van der Waals surface area contributed by atoms with E-state index in [4.69, 9.17) is 4.74 Å². The van der Waals surface area contributed by atoms with Crippen molar-refractivity contribution in [3.05, 3.63) is 59.9 Å². The molecule has 206 valence electrons. The molecule has 0 atom stereocenters. The topological polar surface area (TPSA) is 148 Å². The lowest BCUT2D eigenvalue weighted by Gasteiger charge is -2.15. The van der Waals surface area contributed by atoms with Crippen molar-refractivity contribution in [3.63, 3.8) is 0 Å². The Balaban J connectivity index is 1.97. The lowest BCUT2D eigenvalue weighted by Crippen LogP contribution is -2.39. The third kappa shape index (κ3) is 6.94. The van der Waals surface area contributed by atoms with Crippen molar-refractivity contribution in [1.29, 1.82) is 0 Å². The van der Waals surface area contributed by atoms with Gasteiger partial charge in [0.2, 0.25) is 5.88 Å². The molecule has 3 rings (SSSR count). The molecule has 38 heavy (non-hydrogen) atoms. The van der Waals surface area contributed by atoms with E-state index in [1.165, 1.54) is 38.0 Å². The van der Waals surface area contributed by atoms with Crippen LogP contribution in [0.1, 0.15) is 31.2 Å². The first-order valence-corrected chi connectivity index (χ1v) is 15.7. The zero-order valence-electron chi connectivity index (χ0n) is 21.4. The Hall–Kier alpha value is -2.91. The number of imidazole rings is 1. The highest BCUT2D eigenvalue weighted by atomic mass is 32.3. The van der Waals surface area contributed by atoms with Crippen LogP contribution in [0.15, 0.2) is 58.5 Å². The highest BCUT2D eigenvalue weighted by Crippen LogP contribution is 2.32. The molecule has 0 unspecified atom stereocenters. The molecule has 0 fully saturated rings. The maximum atomic E-state index is 12.9. The van der Waals surface area contributed by atoms with Gasteiger partial charge in [0.15, 0.2) is 5.03 Å². The molecule has 0 aliphatic carbocycles. The molecule has 0 aliphatic heterocycles. The van der Waals surface area contributed by atoms with Gasteiger partial charge in [-0.15, -0.1) is 11.8 Å². The van der Waals surface area contributed by atoms with Gasteiger partial charge in [-0.05, 0) is 29.9 Å². The van der Waals surface area contributed by atoms with Crippen LogP contribution in [0.2, 0.25) is 0 Å². The summed E-state index contributed by atoms with van der Waals surface area (Å²) in [7, 11) is -6.18. The summed E-state index contributed by atoms with van der Waals surface area (Å²) in [6.45, 7) is 2.34. The standard InChI is InChI=1S/C24H30N4O7S3/c1-5-6-11-21-25-22(36-4)23(35-24(29)30)28(21)16-17-12-14-18(15-13-17)19-9-7-8-10-20(19)37(31,32)26-38(33,34)27(2)3/h7-10,12-15,26H,5-6,11,16H2,1-4H3,(H,29,30). The van der Waals surface area contributed by atoms with Gasteiger partial charge in [0.25, 0.3) is 20.2 Å². The van der Waals surface area contributed by atoms with Gasteiger partial charge in [0.1, 0.15) is 5.82 Å². The predicted molar refractivity (Wildman–Crippen MR) is 145 cm³/mol. The minimum Gasteiger partial charge on any atom is -0.449 e. The van der Waals surface area contributed by atoms with Crippen LogP contribution in [-0.4, -0.2) is 62.3 Å². The predicted octanol–water partition coefficient (Wildman–Crippen LogP) is 3.80. The summed E-state index contributed by atoms with van der Waals surface area (Å²) in [4.78, 5) is 15.7. The first-order valence-electron chi connectivity index (χ1n) is 11.6. The van der Waals surface area contributed by atoms with Crippen LogP contribution in [-0.2, 0) is 33.2 Å². The largest absolute Gasteiger partial charge is 0.512 e. The SMILES string of the molecule is CCCCc1nc(SC)c(OC(=O)O)n1Cc1ccc(-c2ccccc2S(=O)(=O)NS(=O)(=O)N(C)C)cc1. The molecule has 0 amide bonds. The molecule has 0 saturated heterocycles. The summed E-state index contributed by atoms with van der Waals surface area (Å²) >= 11 is 1.30. The molecule has 0 spiro atoms. The first kappa shape index (κ1) is 29.6. The maximum absolute atomic E-state index is 12.9. The number of aryl methyl sites for hydroxylation is 1. The number of aromatic nitrogens is 2. The molecular weight excluding hydrogens is 552 g/mol. The van der Waals surface area contributed by atoms with E-state index < -0.39 is 26.4 Å². The lowest BCUT2D eigenvalue weighted by atomic mass is 10.0. The number of nitrogens with zero attached hydrogens (tertiary/aromatic N) is 3. The van der Waals surface area contributed by atoms with Gasteiger partial charge in [0, 0.05) is 26.1 Å². The number of sulfonamides is 1. The number of hydrogen-bond donors (Lipinski definition) is 2. The fraction of sp³-hybridized carbons (Fsp3) is 0.333. The summed E-state index contributed by atoms with van der Waals surface area (Å²) in [5.74, 6) is 0.867.